The average Bonchev–Trinajstić information content (AvgIpc) is 2.86. The fourth-order valence-corrected chi connectivity index (χ4v) is 5.19. The minimum atomic E-state index is -0.330. The van der Waals surface area contributed by atoms with Gasteiger partial charge in [-0.05, 0) is 68.0 Å². The molecular weight excluding hydrogens is 472 g/mol. The van der Waals surface area contributed by atoms with Gasteiger partial charge in [-0.1, -0.05) is 6.42 Å². The number of benzene rings is 1. The van der Waals surface area contributed by atoms with Gasteiger partial charge in [0.05, 0.1) is 24.1 Å². The molecule has 0 bridgehead atoms. The van der Waals surface area contributed by atoms with Gasteiger partial charge in [-0.15, -0.1) is 0 Å². The van der Waals surface area contributed by atoms with E-state index in [0.29, 0.717) is 30.0 Å². The van der Waals surface area contributed by atoms with Gasteiger partial charge in [0.25, 0.3) is 5.91 Å². The molecule has 3 amide bonds. The maximum atomic E-state index is 13.4. The number of hydrogen-bond donors (Lipinski definition) is 2. The molecule has 3 atom stereocenters. The first-order valence-electron chi connectivity index (χ1n) is 13.1. The van der Waals surface area contributed by atoms with Gasteiger partial charge in [0.15, 0.2) is 0 Å². The standard InChI is InChI=1S/C28H34N4O5/c1-32-23-7-6-21(16-26(33)30-14-11-18-9-12-29-13-10-18)37-25(23)17-36-24-8-5-20(15-22(24)28(32)35)31-27(34)19-3-2-4-19/h5,8-10,12-13,15,19,21,23,25H,2-4,6-7,11,14,16-17H2,1H3,(H,30,33)(H,31,34)/t21-,23+,25-/m0/s1. The third kappa shape index (κ3) is 5.93. The summed E-state index contributed by atoms with van der Waals surface area (Å²) < 4.78 is 12.3. The van der Waals surface area contributed by atoms with E-state index in [2.05, 4.69) is 15.6 Å². The molecule has 2 aliphatic heterocycles. The molecule has 2 aromatic rings. The number of aromatic nitrogens is 1. The molecule has 1 saturated carbocycles. The van der Waals surface area contributed by atoms with Crippen LogP contribution in [0, 0.1) is 5.92 Å². The van der Waals surface area contributed by atoms with Crippen LogP contribution in [0.3, 0.4) is 0 Å². The summed E-state index contributed by atoms with van der Waals surface area (Å²) in [7, 11) is 1.78. The Bertz CT molecular complexity index is 1140. The zero-order valence-electron chi connectivity index (χ0n) is 21.2. The molecule has 0 unspecified atom stereocenters. The predicted molar refractivity (Wildman–Crippen MR) is 137 cm³/mol. The van der Waals surface area contributed by atoms with Crippen molar-refractivity contribution in [2.45, 2.75) is 63.2 Å². The van der Waals surface area contributed by atoms with E-state index >= 15 is 0 Å². The number of nitrogens with one attached hydrogen (secondary N) is 2. The molecule has 9 nitrogen and oxygen atoms in total. The number of ether oxygens (including phenoxy) is 2. The maximum Gasteiger partial charge on any atom is 0.257 e. The van der Waals surface area contributed by atoms with Gasteiger partial charge in [-0.25, -0.2) is 0 Å². The first kappa shape index (κ1) is 25.2. The van der Waals surface area contributed by atoms with Crippen molar-refractivity contribution in [3.05, 3.63) is 53.9 Å². The molecule has 9 heteroatoms. The van der Waals surface area contributed by atoms with Gasteiger partial charge in [-0.3, -0.25) is 19.4 Å². The second-order valence-electron chi connectivity index (χ2n) is 10.2. The Kier molecular flexibility index (Phi) is 7.69. The maximum absolute atomic E-state index is 13.4. The SMILES string of the molecule is CN1C(=O)c2cc(NC(=O)C3CCC3)ccc2OC[C@@H]2O[C@H](CC(=O)NCCc3ccncc3)CC[C@H]21. The fourth-order valence-electron chi connectivity index (χ4n) is 5.19. The molecule has 1 aromatic carbocycles. The van der Waals surface area contributed by atoms with Gasteiger partial charge in [0, 0.05) is 37.6 Å². The molecule has 196 valence electrons. The lowest BCUT2D eigenvalue weighted by Crippen LogP contribution is -2.54. The summed E-state index contributed by atoms with van der Waals surface area (Å²) in [6.07, 6.45) is 8.27. The van der Waals surface area contributed by atoms with E-state index in [0.717, 1.165) is 37.7 Å². The van der Waals surface area contributed by atoms with Gasteiger partial charge >= 0.3 is 0 Å². The number of nitrogens with zero attached hydrogens (tertiary/aromatic N) is 2. The Balaban J connectivity index is 1.17. The first-order valence-corrected chi connectivity index (χ1v) is 13.1. The average molecular weight is 507 g/mol. The molecule has 0 spiro atoms. The van der Waals surface area contributed by atoms with E-state index in [9.17, 15) is 14.4 Å². The van der Waals surface area contributed by atoms with Crippen LogP contribution in [0.25, 0.3) is 0 Å². The quantitative estimate of drug-likeness (QED) is 0.598. The summed E-state index contributed by atoms with van der Waals surface area (Å²) in [5, 5.41) is 5.91. The van der Waals surface area contributed by atoms with Gasteiger partial charge < -0.3 is 25.0 Å². The van der Waals surface area contributed by atoms with Crippen LogP contribution in [-0.2, 0) is 20.7 Å². The number of anilines is 1. The van der Waals surface area contributed by atoms with E-state index < -0.39 is 0 Å². The van der Waals surface area contributed by atoms with Crippen LogP contribution < -0.4 is 15.4 Å². The van der Waals surface area contributed by atoms with Crippen LogP contribution in [0.1, 0.15) is 54.4 Å². The van der Waals surface area contributed by atoms with Crippen molar-refractivity contribution in [2.24, 2.45) is 5.92 Å². The zero-order valence-corrected chi connectivity index (χ0v) is 21.2. The van der Waals surface area contributed by atoms with Crippen molar-refractivity contribution in [1.29, 1.82) is 0 Å². The molecule has 3 aliphatic rings. The smallest absolute Gasteiger partial charge is 0.257 e. The molecule has 1 aromatic heterocycles. The number of fused-ring (bicyclic) bond motifs is 2. The first-order chi connectivity index (χ1) is 18.0. The van der Waals surface area contributed by atoms with Gasteiger partial charge in [-0.2, -0.15) is 0 Å². The molecular formula is C28H34N4O5. The zero-order chi connectivity index (χ0) is 25.8. The molecule has 1 aliphatic carbocycles. The van der Waals surface area contributed by atoms with Crippen LogP contribution in [0.5, 0.6) is 5.75 Å². The molecule has 2 fully saturated rings. The van der Waals surface area contributed by atoms with Crippen molar-refractivity contribution in [3.8, 4) is 5.75 Å². The van der Waals surface area contributed by atoms with E-state index in [1.54, 1.807) is 42.5 Å². The molecule has 5 rings (SSSR count). The number of pyridine rings is 1. The lowest BCUT2D eigenvalue weighted by Gasteiger charge is -2.42. The van der Waals surface area contributed by atoms with E-state index in [1.165, 1.54) is 0 Å². The van der Waals surface area contributed by atoms with Gasteiger partial charge in [0.1, 0.15) is 18.5 Å². The molecule has 37 heavy (non-hydrogen) atoms. The predicted octanol–water partition coefficient (Wildman–Crippen LogP) is 2.95. The van der Waals surface area contributed by atoms with Crippen molar-refractivity contribution in [3.63, 3.8) is 0 Å². The molecule has 1 saturated heterocycles. The second kappa shape index (κ2) is 11.3. The summed E-state index contributed by atoms with van der Waals surface area (Å²) in [6, 6.07) is 8.92. The third-order valence-electron chi connectivity index (χ3n) is 7.65. The molecule has 2 N–H and O–H groups in total. The van der Waals surface area contributed by atoms with Crippen LogP contribution >= 0.6 is 0 Å². The Morgan fingerprint density at radius 1 is 1.11 bits per heavy atom. The van der Waals surface area contributed by atoms with Crippen LogP contribution in [0.4, 0.5) is 5.69 Å². The van der Waals surface area contributed by atoms with Gasteiger partial charge in [0.2, 0.25) is 11.8 Å². The molecule has 3 heterocycles. The number of likely N-dealkylation sites (N-methyl/N-ethyl adjacent to an activating group) is 1. The van der Waals surface area contributed by atoms with Crippen molar-refractivity contribution >= 4 is 23.4 Å². The monoisotopic (exact) mass is 506 g/mol. The highest BCUT2D eigenvalue weighted by Crippen LogP contribution is 2.33. The number of carbonyl (C=O) groups is 3. The summed E-state index contributed by atoms with van der Waals surface area (Å²) in [6.45, 7) is 0.838. The Labute approximate surface area is 216 Å². The lowest BCUT2D eigenvalue weighted by atomic mass is 9.85. The summed E-state index contributed by atoms with van der Waals surface area (Å²) >= 11 is 0. The summed E-state index contributed by atoms with van der Waals surface area (Å²) in [5.41, 5.74) is 2.16. The van der Waals surface area contributed by atoms with E-state index in [1.807, 2.05) is 12.1 Å². The third-order valence-corrected chi connectivity index (χ3v) is 7.65. The van der Waals surface area contributed by atoms with E-state index in [-0.39, 0.29) is 54.9 Å². The van der Waals surface area contributed by atoms with Crippen LogP contribution in [-0.4, -0.2) is 66.1 Å². The van der Waals surface area contributed by atoms with E-state index in [4.69, 9.17) is 9.47 Å². The Morgan fingerprint density at radius 2 is 1.92 bits per heavy atom. The topological polar surface area (TPSA) is 110 Å². The van der Waals surface area contributed by atoms with Crippen LogP contribution in [0.15, 0.2) is 42.7 Å². The minimum Gasteiger partial charge on any atom is -0.490 e. The normalized spacial score (nSPS) is 23.4. The van der Waals surface area contributed by atoms with Crippen molar-refractivity contribution < 1.29 is 23.9 Å². The number of hydrogen-bond acceptors (Lipinski definition) is 6. The number of amides is 3. The number of rotatable bonds is 7. The Hall–Kier alpha value is -3.46. The minimum absolute atomic E-state index is 0.00644. The highest BCUT2D eigenvalue weighted by atomic mass is 16.5. The van der Waals surface area contributed by atoms with Crippen molar-refractivity contribution in [2.75, 3.05) is 25.5 Å². The fraction of sp³-hybridized carbons (Fsp3) is 0.500. The highest BCUT2D eigenvalue weighted by Gasteiger charge is 2.39. The largest absolute Gasteiger partial charge is 0.490 e. The summed E-state index contributed by atoms with van der Waals surface area (Å²) in [4.78, 5) is 44.0. The van der Waals surface area contributed by atoms with Crippen molar-refractivity contribution in [1.82, 2.24) is 15.2 Å². The molecule has 0 radical (unpaired) electrons. The van der Waals surface area contributed by atoms with Crippen LogP contribution in [0.2, 0.25) is 0 Å². The number of carbonyl (C=O) groups excluding carboxylic acids is 3. The lowest BCUT2D eigenvalue weighted by molar-refractivity contribution is -0.134. The highest BCUT2D eigenvalue weighted by molar-refractivity contribution is 6.00. The second-order valence-corrected chi connectivity index (χ2v) is 10.2. The Morgan fingerprint density at radius 3 is 2.68 bits per heavy atom. The summed E-state index contributed by atoms with van der Waals surface area (Å²) in [5.74, 6) is 0.326.